The minimum absolute atomic E-state index is 0.0466. The van der Waals surface area contributed by atoms with E-state index >= 15 is 0 Å². The number of primary amides is 1. The molecule has 0 aromatic heterocycles. The van der Waals surface area contributed by atoms with E-state index in [4.69, 9.17) is 5.73 Å². The van der Waals surface area contributed by atoms with Crippen LogP contribution in [0.5, 0.6) is 0 Å². The summed E-state index contributed by atoms with van der Waals surface area (Å²) in [6, 6.07) is -3.93. The number of urea groups is 1. The van der Waals surface area contributed by atoms with Crippen LogP contribution >= 0.6 is 0 Å². The zero-order valence-electron chi connectivity index (χ0n) is 29.1. The summed E-state index contributed by atoms with van der Waals surface area (Å²) in [5, 5.41) is 8.67. The highest BCUT2D eigenvalue weighted by molar-refractivity contribution is 7.89. The lowest BCUT2D eigenvalue weighted by Gasteiger charge is -2.38. The Bertz CT molecular complexity index is 1330. The fourth-order valence-electron chi connectivity index (χ4n) is 7.78. The second-order valence-electron chi connectivity index (χ2n) is 16.0. The molecule has 5 amide bonds. The molecule has 6 atom stereocenters. The molecule has 4 fully saturated rings. The quantitative estimate of drug-likeness (QED) is 0.201. The monoisotopic (exact) mass is 680 g/mol. The maximum Gasteiger partial charge on any atom is 0.315 e. The molecular formula is C33H56N6O7S. The number of nitrogens with two attached hydrogens (primary N) is 1. The summed E-state index contributed by atoms with van der Waals surface area (Å²) in [6.45, 7) is 11.6. The van der Waals surface area contributed by atoms with E-state index in [-0.39, 0.29) is 41.4 Å². The van der Waals surface area contributed by atoms with Crippen LogP contribution in [0, 0.1) is 34.5 Å². The number of carbonyl (C=O) groups excluding carboxylic acids is 5. The number of sulfonamides is 1. The first-order valence-corrected chi connectivity index (χ1v) is 18.9. The van der Waals surface area contributed by atoms with Crippen LogP contribution in [0.25, 0.3) is 0 Å². The molecule has 1 heterocycles. The molecule has 0 bridgehead atoms. The van der Waals surface area contributed by atoms with Crippen molar-refractivity contribution in [1.29, 1.82) is 0 Å². The number of ketones is 1. The van der Waals surface area contributed by atoms with Gasteiger partial charge in [-0.25, -0.2) is 17.5 Å². The van der Waals surface area contributed by atoms with E-state index in [1.165, 1.54) is 16.3 Å². The Balaban J connectivity index is 1.52. The third-order valence-electron chi connectivity index (χ3n) is 11.1. The third kappa shape index (κ3) is 8.47. The predicted octanol–water partition coefficient (Wildman–Crippen LogP) is 1.75. The Hall–Kier alpha value is -2.74. The minimum Gasteiger partial charge on any atom is -0.363 e. The summed E-state index contributed by atoms with van der Waals surface area (Å²) in [7, 11) is -1.95. The lowest BCUT2D eigenvalue weighted by Crippen LogP contribution is -2.62. The third-order valence-corrected chi connectivity index (χ3v) is 12.9. The van der Waals surface area contributed by atoms with Crippen molar-refractivity contribution >= 4 is 39.6 Å². The van der Waals surface area contributed by atoms with Gasteiger partial charge in [-0.05, 0) is 60.7 Å². The van der Waals surface area contributed by atoms with Crippen LogP contribution in [0.2, 0.25) is 0 Å². The highest BCUT2D eigenvalue weighted by Gasteiger charge is 2.70. The van der Waals surface area contributed by atoms with Crippen LogP contribution in [0.3, 0.4) is 0 Å². The van der Waals surface area contributed by atoms with E-state index in [0.717, 1.165) is 44.9 Å². The molecule has 1 unspecified atom stereocenters. The van der Waals surface area contributed by atoms with Crippen molar-refractivity contribution in [1.82, 2.24) is 25.2 Å². The van der Waals surface area contributed by atoms with Gasteiger partial charge in [0, 0.05) is 26.2 Å². The first-order valence-electron chi connectivity index (χ1n) is 17.2. The highest BCUT2D eigenvalue weighted by atomic mass is 32.2. The SMILES string of the molecule is CCS(=O)(=O)N(C)C[C@@H](NC(=O)N[C@H](C(=O)N1C[C@H]2[C@@H]([C@H]1C(=O)NC(CC1CC1)C(=O)C(N)=O)C2(C)C)C(C)(C)C)C1CCCCC1. The predicted molar refractivity (Wildman–Crippen MR) is 177 cm³/mol. The number of nitrogens with zero attached hydrogens (tertiary/aromatic N) is 2. The summed E-state index contributed by atoms with van der Waals surface area (Å²) in [4.78, 5) is 67.8. The van der Waals surface area contributed by atoms with Gasteiger partial charge in [-0.1, -0.05) is 66.7 Å². The van der Waals surface area contributed by atoms with Gasteiger partial charge in [0.05, 0.1) is 11.8 Å². The van der Waals surface area contributed by atoms with Crippen LogP contribution in [0.1, 0.15) is 92.9 Å². The zero-order valence-corrected chi connectivity index (χ0v) is 30.0. The smallest absolute Gasteiger partial charge is 0.315 e. The summed E-state index contributed by atoms with van der Waals surface area (Å²) < 4.78 is 26.4. The normalized spacial score (nSPS) is 26.1. The second kappa shape index (κ2) is 14.0. The molecule has 0 aromatic rings. The maximum absolute atomic E-state index is 14.3. The van der Waals surface area contributed by atoms with Crippen LogP contribution in [0.4, 0.5) is 4.79 Å². The first-order chi connectivity index (χ1) is 21.8. The van der Waals surface area contributed by atoms with Crippen LogP contribution in [-0.2, 0) is 29.2 Å². The van der Waals surface area contributed by atoms with Gasteiger partial charge in [-0.2, -0.15) is 0 Å². The molecule has 4 rings (SSSR count). The molecule has 0 spiro atoms. The number of likely N-dealkylation sites (tertiary alicyclic amines) is 1. The first kappa shape index (κ1) is 37.1. The van der Waals surface area contributed by atoms with E-state index in [2.05, 4.69) is 29.8 Å². The Kier molecular flexibility index (Phi) is 11.1. The molecule has 0 aromatic carbocycles. The number of carbonyl (C=O) groups is 5. The molecule has 1 aliphatic heterocycles. The number of piperidine rings is 1. The van der Waals surface area contributed by atoms with E-state index < -0.39 is 69.1 Å². The van der Waals surface area contributed by atoms with Crippen molar-refractivity contribution in [2.75, 3.05) is 25.9 Å². The van der Waals surface area contributed by atoms with Crippen molar-refractivity contribution in [2.45, 2.75) is 117 Å². The van der Waals surface area contributed by atoms with Gasteiger partial charge >= 0.3 is 6.03 Å². The standard InChI is InChI=1S/C33H56N6O7S/c1-8-47(45,46)38(7)18-23(20-12-10-9-11-13-20)36-31(44)37-27(32(2,3)4)30(43)39-17-21-24(33(21,5)6)25(39)29(42)35-22(16-19-14-15-19)26(40)28(34)41/h19-25,27H,8-18H2,1-7H3,(H2,34,41)(H,35,42)(H2,36,37,44)/t21-,22?,23+,24-,25-,27+/m0/s1. The van der Waals surface area contributed by atoms with E-state index in [0.29, 0.717) is 13.0 Å². The number of rotatable bonds is 14. The number of hydrogen-bond donors (Lipinski definition) is 4. The average molecular weight is 681 g/mol. The lowest BCUT2D eigenvalue weighted by atomic mass is 9.83. The molecule has 14 heteroatoms. The average Bonchev–Trinajstić information content (AvgIpc) is 3.85. The van der Waals surface area contributed by atoms with Crippen molar-refractivity contribution in [3.63, 3.8) is 0 Å². The van der Waals surface area contributed by atoms with Crippen LogP contribution in [0.15, 0.2) is 0 Å². The van der Waals surface area contributed by atoms with E-state index in [9.17, 15) is 32.4 Å². The number of amides is 5. The molecule has 3 saturated carbocycles. The second-order valence-corrected chi connectivity index (χ2v) is 18.3. The lowest BCUT2D eigenvalue weighted by molar-refractivity contribution is -0.145. The number of Topliss-reactive ketones (excluding diaryl/α,β-unsaturated/α-hetero) is 1. The fraction of sp³-hybridized carbons (Fsp3) is 0.848. The summed E-state index contributed by atoms with van der Waals surface area (Å²) in [5.74, 6) is -2.63. The van der Waals surface area contributed by atoms with Gasteiger partial charge in [0.25, 0.3) is 5.91 Å². The molecule has 13 nitrogen and oxygen atoms in total. The number of fused-ring (bicyclic) bond motifs is 1. The van der Waals surface area contributed by atoms with Crippen molar-refractivity contribution < 1.29 is 32.4 Å². The van der Waals surface area contributed by atoms with E-state index in [1.807, 2.05) is 20.8 Å². The van der Waals surface area contributed by atoms with Crippen molar-refractivity contribution in [2.24, 2.45) is 40.2 Å². The van der Waals surface area contributed by atoms with Gasteiger partial charge in [0.2, 0.25) is 27.6 Å². The molecule has 4 aliphatic rings. The molecule has 3 aliphatic carbocycles. The maximum atomic E-state index is 14.3. The number of likely N-dealkylation sites (N-methyl/N-ethyl adjacent to an activating group) is 1. The molecule has 47 heavy (non-hydrogen) atoms. The number of nitrogens with one attached hydrogen (secondary N) is 3. The zero-order chi connectivity index (χ0) is 35.1. The van der Waals surface area contributed by atoms with Gasteiger partial charge < -0.3 is 26.6 Å². The van der Waals surface area contributed by atoms with Crippen LogP contribution < -0.4 is 21.7 Å². The Labute approximate surface area is 279 Å². The molecule has 1 saturated heterocycles. The van der Waals surface area contributed by atoms with Gasteiger partial charge in [0.15, 0.2) is 0 Å². The summed E-state index contributed by atoms with van der Waals surface area (Å²) in [6.07, 6.45) is 7.00. The van der Waals surface area contributed by atoms with Crippen LogP contribution in [-0.4, -0.2) is 97.2 Å². The summed E-state index contributed by atoms with van der Waals surface area (Å²) >= 11 is 0. The van der Waals surface area contributed by atoms with E-state index in [1.54, 1.807) is 6.92 Å². The number of hydrogen-bond acceptors (Lipinski definition) is 7. The fourth-order valence-corrected chi connectivity index (χ4v) is 8.60. The van der Waals surface area contributed by atoms with Gasteiger partial charge in [-0.3, -0.25) is 19.2 Å². The Morgan fingerprint density at radius 3 is 2.13 bits per heavy atom. The molecular weight excluding hydrogens is 624 g/mol. The molecule has 5 N–H and O–H groups in total. The minimum atomic E-state index is -3.47. The summed E-state index contributed by atoms with van der Waals surface area (Å²) in [5.41, 5.74) is 4.37. The van der Waals surface area contributed by atoms with Gasteiger partial charge in [-0.15, -0.1) is 0 Å². The Morgan fingerprint density at radius 2 is 1.60 bits per heavy atom. The van der Waals surface area contributed by atoms with Gasteiger partial charge in [0.1, 0.15) is 12.1 Å². The molecule has 266 valence electrons. The highest BCUT2D eigenvalue weighted by Crippen LogP contribution is 2.65. The largest absolute Gasteiger partial charge is 0.363 e. The Morgan fingerprint density at radius 1 is 0.979 bits per heavy atom. The molecule has 0 radical (unpaired) electrons. The van der Waals surface area contributed by atoms with Crippen molar-refractivity contribution in [3.05, 3.63) is 0 Å². The topological polar surface area (TPSA) is 188 Å². The van der Waals surface area contributed by atoms with Crippen molar-refractivity contribution in [3.8, 4) is 0 Å².